The molecule has 1 atom stereocenters. The fourth-order valence-electron chi connectivity index (χ4n) is 3.29. The quantitative estimate of drug-likeness (QED) is 0.190. The smallest absolute Gasteiger partial charge is 0.119 e. The van der Waals surface area contributed by atoms with Crippen molar-refractivity contribution in [3.05, 3.63) is 61.4 Å². The molecule has 0 unspecified atom stereocenters. The Morgan fingerprint density at radius 3 is 1.71 bits per heavy atom. The Morgan fingerprint density at radius 1 is 0.710 bits per heavy atom. The van der Waals surface area contributed by atoms with Crippen molar-refractivity contribution in [3.63, 3.8) is 0 Å². The van der Waals surface area contributed by atoms with E-state index >= 15 is 0 Å². The fraction of sp³-hybridized carbons (Fsp3) is 0.500. The van der Waals surface area contributed by atoms with Crippen LogP contribution in [0.1, 0.15) is 65.2 Å². The molecule has 0 saturated heterocycles. The van der Waals surface area contributed by atoms with Gasteiger partial charge in [0.25, 0.3) is 0 Å². The standard InChI is InChI=1S/C28H40O3/c1-4-24(3)23-31-28-19-15-26(16-20-28)25-13-17-27(18-14-25)30-22-12-10-8-6-7-9-11-21-29-5-2/h5,13-20,24H,2,4,6-12,21-23H2,1,3H3/t24-/m0/s1. The van der Waals surface area contributed by atoms with Crippen molar-refractivity contribution in [3.8, 4) is 22.6 Å². The van der Waals surface area contributed by atoms with Crippen molar-refractivity contribution in [2.75, 3.05) is 19.8 Å². The summed E-state index contributed by atoms with van der Waals surface area (Å²) in [6.45, 7) is 10.3. The van der Waals surface area contributed by atoms with E-state index in [9.17, 15) is 0 Å². The van der Waals surface area contributed by atoms with Crippen LogP contribution in [-0.4, -0.2) is 19.8 Å². The first-order valence-corrected chi connectivity index (χ1v) is 11.9. The summed E-state index contributed by atoms with van der Waals surface area (Å²) in [5.74, 6) is 2.46. The number of hydrogen-bond donors (Lipinski definition) is 0. The summed E-state index contributed by atoms with van der Waals surface area (Å²) in [5.41, 5.74) is 2.39. The van der Waals surface area contributed by atoms with Gasteiger partial charge in [-0.05, 0) is 54.2 Å². The number of ether oxygens (including phenoxy) is 3. The number of benzene rings is 2. The van der Waals surface area contributed by atoms with Crippen LogP contribution >= 0.6 is 0 Å². The van der Waals surface area contributed by atoms with Crippen LogP contribution in [0.4, 0.5) is 0 Å². The Hall–Kier alpha value is -2.42. The predicted octanol–water partition coefficient (Wildman–Crippen LogP) is 8.05. The van der Waals surface area contributed by atoms with Crippen LogP contribution in [0.2, 0.25) is 0 Å². The summed E-state index contributed by atoms with van der Waals surface area (Å²) in [6, 6.07) is 16.7. The highest BCUT2D eigenvalue weighted by Crippen LogP contribution is 2.25. The summed E-state index contributed by atoms with van der Waals surface area (Å²) in [4.78, 5) is 0. The number of hydrogen-bond acceptors (Lipinski definition) is 3. The summed E-state index contributed by atoms with van der Waals surface area (Å²) in [5, 5.41) is 0. The zero-order chi connectivity index (χ0) is 22.2. The van der Waals surface area contributed by atoms with Crippen molar-refractivity contribution in [2.24, 2.45) is 5.92 Å². The van der Waals surface area contributed by atoms with Crippen molar-refractivity contribution in [2.45, 2.75) is 65.2 Å². The average molecular weight is 425 g/mol. The van der Waals surface area contributed by atoms with Gasteiger partial charge in [-0.3, -0.25) is 0 Å². The van der Waals surface area contributed by atoms with E-state index in [1.807, 2.05) is 0 Å². The Morgan fingerprint density at radius 2 is 1.19 bits per heavy atom. The molecule has 0 aliphatic rings. The minimum absolute atomic E-state index is 0.584. The Bertz CT molecular complexity index is 706. The van der Waals surface area contributed by atoms with E-state index in [4.69, 9.17) is 14.2 Å². The first kappa shape index (κ1) is 24.8. The van der Waals surface area contributed by atoms with Crippen molar-refractivity contribution in [1.29, 1.82) is 0 Å². The van der Waals surface area contributed by atoms with Crippen LogP contribution in [0.5, 0.6) is 11.5 Å². The molecular weight excluding hydrogens is 384 g/mol. The maximum Gasteiger partial charge on any atom is 0.119 e. The third kappa shape index (κ3) is 10.4. The molecule has 2 aromatic rings. The van der Waals surface area contributed by atoms with Gasteiger partial charge in [-0.25, -0.2) is 0 Å². The molecule has 0 aliphatic carbocycles. The summed E-state index contributed by atoms with van der Waals surface area (Å²) < 4.78 is 16.9. The van der Waals surface area contributed by atoms with E-state index in [0.29, 0.717) is 5.92 Å². The van der Waals surface area contributed by atoms with Gasteiger partial charge in [-0.15, -0.1) is 0 Å². The minimum Gasteiger partial charge on any atom is -0.502 e. The molecule has 3 heteroatoms. The zero-order valence-electron chi connectivity index (χ0n) is 19.5. The van der Waals surface area contributed by atoms with Gasteiger partial charge in [0.15, 0.2) is 0 Å². The zero-order valence-corrected chi connectivity index (χ0v) is 19.5. The Balaban J connectivity index is 1.61. The maximum absolute atomic E-state index is 5.91. The largest absolute Gasteiger partial charge is 0.502 e. The van der Waals surface area contributed by atoms with Gasteiger partial charge in [0, 0.05) is 0 Å². The fourth-order valence-corrected chi connectivity index (χ4v) is 3.29. The van der Waals surface area contributed by atoms with Crippen LogP contribution in [0.15, 0.2) is 61.4 Å². The second-order valence-electron chi connectivity index (χ2n) is 8.23. The average Bonchev–Trinajstić information content (AvgIpc) is 2.81. The highest BCUT2D eigenvalue weighted by atomic mass is 16.5. The lowest BCUT2D eigenvalue weighted by Gasteiger charge is -2.11. The van der Waals surface area contributed by atoms with Crippen molar-refractivity contribution >= 4 is 0 Å². The summed E-state index contributed by atoms with van der Waals surface area (Å²) >= 11 is 0. The first-order valence-electron chi connectivity index (χ1n) is 11.9. The van der Waals surface area contributed by atoms with E-state index in [1.165, 1.54) is 49.5 Å². The van der Waals surface area contributed by atoms with Crippen LogP contribution in [-0.2, 0) is 4.74 Å². The lowest BCUT2D eigenvalue weighted by atomic mass is 10.1. The first-order chi connectivity index (χ1) is 15.2. The third-order valence-corrected chi connectivity index (χ3v) is 5.57. The van der Waals surface area contributed by atoms with Gasteiger partial charge >= 0.3 is 0 Å². The lowest BCUT2D eigenvalue weighted by molar-refractivity contribution is 0.241. The Labute approximate surface area is 189 Å². The predicted molar refractivity (Wildman–Crippen MR) is 131 cm³/mol. The number of rotatable bonds is 17. The molecule has 170 valence electrons. The van der Waals surface area contributed by atoms with Crippen LogP contribution < -0.4 is 9.47 Å². The molecule has 0 bridgehead atoms. The van der Waals surface area contributed by atoms with Crippen LogP contribution in [0.25, 0.3) is 11.1 Å². The molecule has 2 rings (SSSR count). The molecule has 3 nitrogen and oxygen atoms in total. The molecule has 0 spiro atoms. The lowest BCUT2D eigenvalue weighted by Crippen LogP contribution is -2.06. The van der Waals surface area contributed by atoms with Crippen LogP contribution in [0, 0.1) is 5.92 Å². The molecule has 0 fully saturated rings. The molecule has 0 aliphatic heterocycles. The van der Waals surface area contributed by atoms with Crippen molar-refractivity contribution in [1.82, 2.24) is 0 Å². The summed E-state index contributed by atoms with van der Waals surface area (Å²) in [7, 11) is 0. The van der Waals surface area contributed by atoms with Gasteiger partial charge in [-0.2, -0.15) is 0 Å². The molecule has 2 aromatic carbocycles. The van der Waals surface area contributed by atoms with E-state index < -0.39 is 0 Å². The molecule has 0 N–H and O–H groups in total. The highest BCUT2D eigenvalue weighted by molar-refractivity contribution is 5.64. The molecule has 0 saturated carbocycles. The highest BCUT2D eigenvalue weighted by Gasteiger charge is 2.03. The van der Waals surface area contributed by atoms with Gasteiger partial charge in [0.1, 0.15) is 11.5 Å². The van der Waals surface area contributed by atoms with Gasteiger partial charge in [-0.1, -0.05) is 83.2 Å². The number of unbranched alkanes of at least 4 members (excludes halogenated alkanes) is 6. The molecule has 0 heterocycles. The minimum atomic E-state index is 0.584. The second kappa shape index (κ2) is 15.4. The summed E-state index contributed by atoms with van der Waals surface area (Å²) in [6.07, 6.45) is 11.2. The molecule has 0 aromatic heterocycles. The Kier molecular flexibility index (Phi) is 12.3. The van der Waals surface area contributed by atoms with E-state index in [0.717, 1.165) is 50.6 Å². The molecule has 0 radical (unpaired) electrons. The molecule has 0 amide bonds. The molecular formula is C28H40O3. The SMILES string of the molecule is C=COCCCCCCCCCOc1ccc(-c2ccc(OC[C@@H](C)CC)cc2)cc1. The van der Waals surface area contributed by atoms with Gasteiger partial charge in [0.05, 0.1) is 26.1 Å². The second-order valence-corrected chi connectivity index (χ2v) is 8.23. The van der Waals surface area contributed by atoms with Gasteiger partial charge < -0.3 is 14.2 Å². The maximum atomic E-state index is 5.91. The van der Waals surface area contributed by atoms with E-state index in [2.05, 4.69) is 69.0 Å². The van der Waals surface area contributed by atoms with E-state index in [1.54, 1.807) is 0 Å². The monoisotopic (exact) mass is 424 g/mol. The third-order valence-electron chi connectivity index (χ3n) is 5.57. The topological polar surface area (TPSA) is 27.7 Å². The van der Waals surface area contributed by atoms with Crippen LogP contribution in [0.3, 0.4) is 0 Å². The van der Waals surface area contributed by atoms with Gasteiger partial charge in [0.2, 0.25) is 0 Å². The van der Waals surface area contributed by atoms with Crippen molar-refractivity contribution < 1.29 is 14.2 Å². The van der Waals surface area contributed by atoms with E-state index in [-0.39, 0.29) is 0 Å². The molecule has 31 heavy (non-hydrogen) atoms. The normalized spacial score (nSPS) is 11.7.